The second kappa shape index (κ2) is 12.5. The van der Waals surface area contributed by atoms with Gasteiger partial charge in [-0.3, -0.25) is 14.6 Å². The van der Waals surface area contributed by atoms with Crippen LogP contribution in [-0.4, -0.2) is 56.5 Å². The number of aryl methyl sites for hydroxylation is 1. The molecule has 1 fully saturated rings. The van der Waals surface area contributed by atoms with Crippen LogP contribution in [0.3, 0.4) is 0 Å². The molecule has 1 saturated heterocycles. The van der Waals surface area contributed by atoms with E-state index in [0.717, 1.165) is 43.6 Å². The topological polar surface area (TPSA) is 80.2 Å². The molecule has 4 rings (SSSR count). The van der Waals surface area contributed by atoms with Gasteiger partial charge < -0.3 is 14.8 Å². The maximum Gasteiger partial charge on any atom is 0.306 e. The minimum Gasteiger partial charge on any atom is -0.463 e. The van der Waals surface area contributed by atoms with Gasteiger partial charge in [0.15, 0.2) is 0 Å². The Labute approximate surface area is 207 Å². The largest absolute Gasteiger partial charge is 0.463 e. The molecular weight excluding hydrogens is 442 g/mol. The summed E-state index contributed by atoms with van der Waals surface area (Å²) in [7, 11) is 1.59. The first-order chi connectivity index (χ1) is 17.1. The summed E-state index contributed by atoms with van der Waals surface area (Å²) in [6.07, 6.45) is 8.65. The van der Waals surface area contributed by atoms with E-state index in [2.05, 4.69) is 27.6 Å². The zero-order valence-electron chi connectivity index (χ0n) is 20.5. The first-order valence-electron chi connectivity index (χ1n) is 12.6. The van der Waals surface area contributed by atoms with Gasteiger partial charge in [0.1, 0.15) is 6.61 Å². The van der Waals surface area contributed by atoms with Gasteiger partial charge in [0.05, 0.1) is 12.8 Å². The first kappa shape index (κ1) is 24.9. The number of carbonyl (C=O) groups excluding carboxylic acids is 2. The second-order valence-electron chi connectivity index (χ2n) is 9.34. The SMILES string of the molecule is COCCOC(=O)CC1CCc2cc(NC(=O)c3ccc(C=NN4CCCCC4)cc3)ccc2C1. The quantitative estimate of drug-likeness (QED) is 0.328. The van der Waals surface area contributed by atoms with Gasteiger partial charge in [0.2, 0.25) is 0 Å². The molecule has 1 N–H and O–H groups in total. The van der Waals surface area contributed by atoms with Crippen molar-refractivity contribution in [2.24, 2.45) is 11.0 Å². The maximum absolute atomic E-state index is 12.8. The molecule has 2 aliphatic rings. The summed E-state index contributed by atoms with van der Waals surface area (Å²) >= 11 is 0. The highest BCUT2D eigenvalue weighted by Crippen LogP contribution is 2.30. The minimum atomic E-state index is -0.164. The van der Waals surface area contributed by atoms with Crippen molar-refractivity contribution >= 4 is 23.8 Å². The Balaban J connectivity index is 1.28. The lowest BCUT2D eigenvalue weighted by Gasteiger charge is -2.24. The number of esters is 1. The number of nitrogens with one attached hydrogen (secondary N) is 1. The summed E-state index contributed by atoms with van der Waals surface area (Å²) in [6.45, 7) is 2.75. The predicted octanol–water partition coefficient (Wildman–Crippen LogP) is 4.44. The number of methoxy groups -OCH3 is 1. The molecule has 0 radical (unpaired) electrons. The standard InChI is InChI=1S/C28H35N3O4/c1-34-15-16-35-27(32)18-22-7-10-25-19-26(12-11-24(25)17-22)30-28(33)23-8-5-21(6-9-23)20-29-31-13-3-2-4-14-31/h5-6,8-9,11-12,19-20,22H,2-4,7,10,13-18H2,1H3,(H,30,33). The third-order valence-corrected chi connectivity index (χ3v) is 6.68. The molecule has 0 aromatic heterocycles. The van der Waals surface area contributed by atoms with Crippen molar-refractivity contribution in [3.8, 4) is 0 Å². The van der Waals surface area contributed by atoms with Gasteiger partial charge >= 0.3 is 5.97 Å². The number of hydrazone groups is 1. The summed E-state index contributed by atoms with van der Waals surface area (Å²) < 4.78 is 10.1. The van der Waals surface area contributed by atoms with Crippen molar-refractivity contribution < 1.29 is 19.1 Å². The van der Waals surface area contributed by atoms with Crippen LogP contribution in [0.15, 0.2) is 47.6 Å². The number of rotatable bonds is 9. The van der Waals surface area contributed by atoms with Gasteiger partial charge in [0, 0.05) is 37.9 Å². The Morgan fingerprint density at radius 1 is 1.06 bits per heavy atom. The first-order valence-corrected chi connectivity index (χ1v) is 12.6. The number of hydrogen-bond donors (Lipinski definition) is 1. The number of carbonyl (C=O) groups is 2. The highest BCUT2D eigenvalue weighted by Gasteiger charge is 2.22. The summed E-state index contributed by atoms with van der Waals surface area (Å²) in [5.41, 5.74) is 4.86. The lowest BCUT2D eigenvalue weighted by molar-refractivity contribution is -0.146. The number of piperidine rings is 1. The van der Waals surface area contributed by atoms with Crippen LogP contribution in [0.4, 0.5) is 5.69 Å². The van der Waals surface area contributed by atoms with E-state index >= 15 is 0 Å². The monoisotopic (exact) mass is 477 g/mol. The molecule has 186 valence electrons. The maximum atomic E-state index is 12.8. The van der Waals surface area contributed by atoms with Crippen LogP contribution in [-0.2, 0) is 27.1 Å². The summed E-state index contributed by atoms with van der Waals surface area (Å²) in [5.74, 6) is -0.00455. The molecule has 0 spiro atoms. The van der Waals surface area contributed by atoms with E-state index in [0.29, 0.717) is 25.2 Å². The third-order valence-electron chi connectivity index (χ3n) is 6.68. The Bertz CT molecular complexity index is 1030. The Hall–Kier alpha value is -3.19. The number of benzene rings is 2. The van der Waals surface area contributed by atoms with Crippen LogP contribution in [0.25, 0.3) is 0 Å². The molecule has 1 aliphatic heterocycles. The van der Waals surface area contributed by atoms with E-state index in [1.165, 1.54) is 30.4 Å². The van der Waals surface area contributed by atoms with E-state index in [9.17, 15) is 9.59 Å². The van der Waals surface area contributed by atoms with Crippen LogP contribution in [0, 0.1) is 5.92 Å². The molecule has 7 heteroatoms. The molecule has 7 nitrogen and oxygen atoms in total. The summed E-state index contributed by atoms with van der Waals surface area (Å²) in [4.78, 5) is 24.8. The fourth-order valence-electron chi connectivity index (χ4n) is 4.68. The van der Waals surface area contributed by atoms with Gasteiger partial charge in [-0.25, -0.2) is 0 Å². The van der Waals surface area contributed by atoms with Crippen LogP contribution < -0.4 is 5.32 Å². The molecule has 1 atom stereocenters. The van der Waals surface area contributed by atoms with Crippen molar-refractivity contribution in [3.63, 3.8) is 0 Å². The zero-order valence-corrected chi connectivity index (χ0v) is 20.5. The average molecular weight is 478 g/mol. The predicted molar refractivity (Wildman–Crippen MR) is 137 cm³/mol. The molecule has 1 heterocycles. The van der Waals surface area contributed by atoms with Crippen molar-refractivity contribution in [2.75, 3.05) is 38.7 Å². The van der Waals surface area contributed by atoms with Gasteiger partial charge in [-0.1, -0.05) is 18.2 Å². The normalized spacial score (nSPS) is 17.7. The molecule has 1 amide bonds. The van der Waals surface area contributed by atoms with Crippen LogP contribution in [0.2, 0.25) is 0 Å². The van der Waals surface area contributed by atoms with Crippen LogP contribution in [0.5, 0.6) is 0 Å². The number of anilines is 1. The molecule has 0 saturated carbocycles. The van der Waals surface area contributed by atoms with Crippen molar-refractivity contribution in [2.45, 2.75) is 44.9 Å². The van der Waals surface area contributed by atoms with Gasteiger partial charge in [0.25, 0.3) is 5.91 Å². The number of fused-ring (bicyclic) bond motifs is 1. The second-order valence-corrected chi connectivity index (χ2v) is 9.34. The van der Waals surface area contributed by atoms with Crippen LogP contribution >= 0.6 is 0 Å². The Morgan fingerprint density at radius 3 is 2.63 bits per heavy atom. The van der Waals surface area contributed by atoms with Crippen molar-refractivity contribution in [1.29, 1.82) is 0 Å². The van der Waals surface area contributed by atoms with Gasteiger partial charge in [-0.2, -0.15) is 5.10 Å². The lowest BCUT2D eigenvalue weighted by Crippen LogP contribution is -2.24. The number of ether oxygens (including phenoxy) is 2. The summed E-state index contributed by atoms with van der Waals surface area (Å²) in [5, 5.41) is 9.68. The number of amides is 1. The van der Waals surface area contributed by atoms with E-state index < -0.39 is 0 Å². The van der Waals surface area contributed by atoms with E-state index in [-0.39, 0.29) is 17.8 Å². The third kappa shape index (κ3) is 7.39. The average Bonchev–Trinajstić information content (AvgIpc) is 2.88. The van der Waals surface area contributed by atoms with E-state index in [4.69, 9.17) is 9.47 Å². The Kier molecular flexibility index (Phi) is 8.90. The smallest absolute Gasteiger partial charge is 0.306 e. The Morgan fingerprint density at radius 2 is 1.86 bits per heavy atom. The number of nitrogens with zero attached hydrogens (tertiary/aromatic N) is 2. The fraction of sp³-hybridized carbons (Fsp3) is 0.464. The molecule has 2 aromatic carbocycles. The molecule has 0 bridgehead atoms. The summed E-state index contributed by atoms with van der Waals surface area (Å²) in [6, 6.07) is 13.6. The van der Waals surface area contributed by atoms with E-state index in [1.807, 2.05) is 36.5 Å². The molecule has 1 aliphatic carbocycles. The molecule has 1 unspecified atom stereocenters. The van der Waals surface area contributed by atoms with Crippen molar-refractivity contribution in [1.82, 2.24) is 5.01 Å². The molecule has 35 heavy (non-hydrogen) atoms. The minimum absolute atomic E-state index is 0.128. The highest BCUT2D eigenvalue weighted by atomic mass is 16.6. The molecular formula is C28H35N3O4. The number of hydrogen-bond acceptors (Lipinski definition) is 6. The highest BCUT2D eigenvalue weighted by molar-refractivity contribution is 6.04. The van der Waals surface area contributed by atoms with Gasteiger partial charge in [-0.15, -0.1) is 0 Å². The van der Waals surface area contributed by atoms with Crippen LogP contribution in [0.1, 0.15) is 59.2 Å². The lowest BCUT2D eigenvalue weighted by atomic mass is 9.82. The van der Waals surface area contributed by atoms with Crippen molar-refractivity contribution in [3.05, 3.63) is 64.7 Å². The van der Waals surface area contributed by atoms with E-state index in [1.54, 1.807) is 7.11 Å². The fourth-order valence-corrected chi connectivity index (χ4v) is 4.68. The van der Waals surface area contributed by atoms with Gasteiger partial charge in [-0.05, 0) is 85.4 Å². The zero-order chi connectivity index (χ0) is 24.5. The molecule has 2 aromatic rings.